The van der Waals surface area contributed by atoms with E-state index in [2.05, 4.69) is 10.3 Å². The Hall–Kier alpha value is -1.58. The standard InChI is InChI=1S/C10H13N3O/c1-12-9-4-7(6-2-3-6)8(5-13-9)10(11)14/h4-6H,2-3H2,1H3,(H2,11,14)(H,12,13). The molecule has 1 amide bonds. The van der Waals surface area contributed by atoms with E-state index in [1.54, 1.807) is 6.20 Å². The Labute approximate surface area is 82.5 Å². The molecule has 1 aliphatic rings. The van der Waals surface area contributed by atoms with Crippen LogP contribution in [0.2, 0.25) is 0 Å². The number of nitrogens with one attached hydrogen (secondary N) is 1. The fourth-order valence-electron chi connectivity index (χ4n) is 1.55. The second-order valence-electron chi connectivity index (χ2n) is 3.55. The lowest BCUT2D eigenvalue weighted by Gasteiger charge is -2.07. The predicted octanol–water partition coefficient (Wildman–Crippen LogP) is 1.10. The molecule has 1 aliphatic carbocycles. The number of carbonyl (C=O) groups is 1. The highest BCUT2D eigenvalue weighted by Crippen LogP contribution is 2.42. The van der Waals surface area contributed by atoms with Gasteiger partial charge in [0, 0.05) is 13.2 Å². The maximum atomic E-state index is 11.1. The van der Waals surface area contributed by atoms with Gasteiger partial charge in [-0.25, -0.2) is 4.98 Å². The Bertz CT molecular complexity index is 372. The van der Waals surface area contributed by atoms with Gasteiger partial charge in [0.15, 0.2) is 0 Å². The van der Waals surface area contributed by atoms with E-state index in [0.717, 1.165) is 24.2 Å². The highest BCUT2D eigenvalue weighted by molar-refractivity contribution is 5.94. The average Bonchev–Trinajstić information content (AvgIpc) is 3.00. The van der Waals surface area contributed by atoms with E-state index < -0.39 is 0 Å². The third-order valence-corrected chi connectivity index (χ3v) is 2.47. The van der Waals surface area contributed by atoms with Crippen molar-refractivity contribution in [2.75, 3.05) is 12.4 Å². The molecule has 4 heteroatoms. The number of carbonyl (C=O) groups excluding carboxylic acids is 1. The number of hydrogen-bond acceptors (Lipinski definition) is 3. The van der Waals surface area contributed by atoms with E-state index in [-0.39, 0.29) is 5.91 Å². The van der Waals surface area contributed by atoms with E-state index in [4.69, 9.17) is 5.73 Å². The summed E-state index contributed by atoms with van der Waals surface area (Å²) in [5.74, 6) is 0.909. The summed E-state index contributed by atoms with van der Waals surface area (Å²) in [6, 6.07) is 1.91. The van der Waals surface area contributed by atoms with Crippen LogP contribution in [-0.2, 0) is 0 Å². The highest BCUT2D eigenvalue weighted by atomic mass is 16.1. The van der Waals surface area contributed by atoms with Gasteiger partial charge in [0.2, 0.25) is 0 Å². The van der Waals surface area contributed by atoms with Crippen LogP contribution in [0.1, 0.15) is 34.7 Å². The number of anilines is 1. The fourth-order valence-corrected chi connectivity index (χ4v) is 1.55. The Kier molecular flexibility index (Phi) is 2.11. The summed E-state index contributed by atoms with van der Waals surface area (Å²) in [5, 5.41) is 2.95. The van der Waals surface area contributed by atoms with E-state index in [0.29, 0.717) is 11.5 Å². The van der Waals surface area contributed by atoms with Gasteiger partial charge in [0.25, 0.3) is 5.91 Å². The van der Waals surface area contributed by atoms with Crippen LogP contribution in [0.3, 0.4) is 0 Å². The topological polar surface area (TPSA) is 68.0 Å². The lowest BCUT2D eigenvalue weighted by molar-refractivity contribution is 0.0999. The van der Waals surface area contributed by atoms with Gasteiger partial charge < -0.3 is 11.1 Å². The summed E-state index contributed by atoms with van der Waals surface area (Å²) in [4.78, 5) is 15.2. The Morgan fingerprint density at radius 3 is 2.86 bits per heavy atom. The van der Waals surface area contributed by atoms with E-state index in [9.17, 15) is 4.79 Å². The normalized spacial score (nSPS) is 15.2. The molecule has 0 spiro atoms. The Morgan fingerprint density at radius 1 is 1.64 bits per heavy atom. The van der Waals surface area contributed by atoms with Crippen LogP contribution in [0.5, 0.6) is 0 Å². The van der Waals surface area contributed by atoms with Gasteiger partial charge in [0.1, 0.15) is 5.82 Å². The van der Waals surface area contributed by atoms with Crippen LogP contribution in [0.15, 0.2) is 12.3 Å². The van der Waals surface area contributed by atoms with Crippen molar-refractivity contribution in [3.8, 4) is 0 Å². The molecule has 3 N–H and O–H groups in total. The number of hydrogen-bond donors (Lipinski definition) is 2. The van der Waals surface area contributed by atoms with Crippen molar-refractivity contribution < 1.29 is 4.79 Å². The molecular formula is C10H13N3O. The summed E-state index contributed by atoms with van der Waals surface area (Å²) in [6.45, 7) is 0. The van der Waals surface area contributed by atoms with Crippen molar-refractivity contribution in [1.82, 2.24) is 4.98 Å². The molecule has 0 radical (unpaired) electrons. The fraction of sp³-hybridized carbons (Fsp3) is 0.400. The zero-order valence-electron chi connectivity index (χ0n) is 8.08. The van der Waals surface area contributed by atoms with Crippen LogP contribution in [0.4, 0.5) is 5.82 Å². The SMILES string of the molecule is CNc1cc(C2CC2)c(C(N)=O)cn1. The minimum Gasteiger partial charge on any atom is -0.373 e. The largest absolute Gasteiger partial charge is 0.373 e. The molecule has 0 aliphatic heterocycles. The van der Waals surface area contributed by atoms with Crippen LogP contribution in [-0.4, -0.2) is 17.9 Å². The Morgan fingerprint density at radius 2 is 2.36 bits per heavy atom. The maximum absolute atomic E-state index is 11.1. The molecule has 0 saturated heterocycles. The van der Waals surface area contributed by atoms with Crippen LogP contribution in [0.25, 0.3) is 0 Å². The second kappa shape index (κ2) is 3.29. The van der Waals surface area contributed by atoms with Crippen molar-refractivity contribution in [3.63, 3.8) is 0 Å². The smallest absolute Gasteiger partial charge is 0.250 e. The highest BCUT2D eigenvalue weighted by Gasteiger charge is 2.27. The molecule has 1 aromatic rings. The van der Waals surface area contributed by atoms with Crippen LogP contribution < -0.4 is 11.1 Å². The minimum absolute atomic E-state index is 0.387. The third kappa shape index (κ3) is 1.55. The molecule has 1 fully saturated rings. The number of pyridine rings is 1. The molecule has 0 atom stereocenters. The van der Waals surface area contributed by atoms with Crippen molar-refractivity contribution >= 4 is 11.7 Å². The number of nitrogens with two attached hydrogens (primary N) is 1. The van der Waals surface area contributed by atoms with Gasteiger partial charge in [-0.15, -0.1) is 0 Å². The molecule has 4 nitrogen and oxygen atoms in total. The summed E-state index contributed by atoms with van der Waals surface area (Å²) < 4.78 is 0. The average molecular weight is 191 g/mol. The number of nitrogens with zero attached hydrogens (tertiary/aromatic N) is 1. The molecule has 0 bridgehead atoms. The first-order valence-electron chi connectivity index (χ1n) is 4.70. The second-order valence-corrected chi connectivity index (χ2v) is 3.55. The van der Waals surface area contributed by atoms with Gasteiger partial charge in [-0.1, -0.05) is 0 Å². The molecule has 0 aromatic carbocycles. The Balaban J connectivity index is 2.43. The first-order chi connectivity index (χ1) is 6.72. The summed E-state index contributed by atoms with van der Waals surface area (Å²) in [7, 11) is 1.81. The first kappa shape index (κ1) is 8.99. The number of amides is 1. The lowest BCUT2D eigenvalue weighted by Crippen LogP contribution is -2.14. The molecule has 1 heterocycles. The summed E-state index contributed by atoms with van der Waals surface area (Å²) >= 11 is 0. The zero-order valence-corrected chi connectivity index (χ0v) is 8.08. The van der Waals surface area contributed by atoms with Crippen molar-refractivity contribution in [1.29, 1.82) is 0 Å². The molecule has 2 rings (SSSR count). The van der Waals surface area contributed by atoms with Crippen LogP contribution in [0, 0.1) is 0 Å². The predicted molar refractivity (Wildman–Crippen MR) is 54.3 cm³/mol. The molecule has 14 heavy (non-hydrogen) atoms. The van der Waals surface area contributed by atoms with E-state index in [1.807, 2.05) is 13.1 Å². The molecule has 0 unspecified atom stereocenters. The number of primary amides is 1. The van der Waals surface area contributed by atoms with Gasteiger partial charge >= 0.3 is 0 Å². The minimum atomic E-state index is -0.387. The third-order valence-electron chi connectivity index (χ3n) is 2.47. The van der Waals surface area contributed by atoms with E-state index in [1.165, 1.54) is 0 Å². The van der Waals surface area contributed by atoms with Gasteiger partial charge in [0.05, 0.1) is 5.56 Å². The van der Waals surface area contributed by atoms with Gasteiger partial charge in [-0.05, 0) is 30.4 Å². The summed E-state index contributed by atoms with van der Waals surface area (Å²) in [6.07, 6.45) is 3.85. The number of rotatable bonds is 3. The number of aromatic nitrogens is 1. The first-order valence-corrected chi connectivity index (χ1v) is 4.70. The quantitative estimate of drug-likeness (QED) is 0.751. The van der Waals surface area contributed by atoms with Gasteiger partial charge in [-0.2, -0.15) is 0 Å². The lowest BCUT2D eigenvalue weighted by atomic mass is 10.1. The van der Waals surface area contributed by atoms with Crippen molar-refractivity contribution in [2.24, 2.45) is 5.73 Å². The maximum Gasteiger partial charge on any atom is 0.250 e. The molecule has 74 valence electrons. The van der Waals surface area contributed by atoms with Crippen molar-refractivity contribution in [3.05, 3.63) is 23.4 Å². The molecular weight excluding hydrogens is 178 g/mol. The van der Waals surface area contributed by atoms with Crippen LogP contribution >= 0.6 is 0 Å². The van der Waals surface area contributed by atoms with E-state index >= 15 is 0 Å². The monoisotopic (exact) mass is 191 g/mol. The summed E-state index contributed by atoms with van der Waals surface area (Å²) in [5.41, 5.74) is 6.87. The van der Waals surface area contributed by atoms with Crippen molar-refractivity contribution in [2.45, 2.75) is 18.8 Å². The molecule has 1 aromatic heterocycles. The zero-order chi connectivity index (χ0) is 10.1. The molecule has 1 saturated carbocycles. The van der Waals surface area contributed by atoms with Gasteiger partial charge in [-0.3, -0.25) is 4.79 Å².